The Balaban J connectivity index is 3.81. The van der Waals surface area contributed by atoms with Crippen molar-refractivity contribution in [3.05, 3.63) is 0 Å². The summed E-state index contributed by atoms with van der Waals surface area (Å²) in [6.45, 7) is 4.30. The van der Waals surface area contributed by atoms with Crippen molar-refractivity contribution < 1.29 is 42.1 Å². The summed E-state index contributed by atoms with van der Waals surface area (Å²) in [5.41, 5.74) is 0. The molecule has 0 saturated heterocycles. The predicted octanol–water partition coefficient (Wildman–Crippen LogP) is 20.0. The summed E-state index contributed by atoms with van der Waals surface area (Å²) in [7, 11) is 1.19. The van der Waals surface area contributed by atoms with Crippen LogP contribution in [0.5, 0.6) is 0 Å². The maximum atomic E-state index is 12.8. The highest BCUT2D eigenvalue weighted by molar-refractivity contribution is 7.45. The zero-order valence-electron chi connectivity index (χ0n) is 50.3. The molecule has 0 saturated carbocycles. The molecule has 0 amide bonds. The monoisotopic (exact) mass is 1070 g/mol. The van der Waals surface area contributed by atoms with Gasteiger partial charge in [0.2, 0.25) is 0 Å². The Labute approximate surface area is 461 Å². The molecule has 0 heterocycles. The number of esters is 2. The van der Waals surface area contributed by atoms with Gasteiger partial charge >= 0.3 is 11.9 Å². The van der Waals surface area contributed by atoms with Gasteiger partial charge in [0.15, 0.2) is 6.10 Å². The van der Waals surface area contributed by atoms with Crippen molar-refractivity contribution in [3.63, 3.8) is 0 Å². The van der Waals surface area contributed by atoms with Gasteiger partial charge in [-0.3, -0.25) is 14.2 Å². The van der Waals surface area contributed by atoms with E-state index < -0.39 is 26.5 Å². The summed E-state index contributed by atoms with van der Waals surface area (Å²) in [6.07, 6.45) is 66.4. The Hall–Kier alpha value is -0.990. The van der Waals surface area contributed by atoms with E-state index in [0.29, 0.717) is 17.4 Å². The maximum absolute atomic E-state index is 12.8. The number of carbonyl (C=O) groups is 2. The molecule has 0 aromatic rings. The summed E-state index contributed by atoms with van der Waals surface area (Å²) in [4.78, 5) is 37.8. The van der Waals surface area contributed by atoms with Gasteiger partial charge in [0.25, 0.3) is 7.82 Å². The van der Waals surface area contributed by atoms with Crippen LogP contribution in [0.15, 0.2) is 0 Å². The predicted molar refractivity (Wildman–Crippen MR) is 315 cm³/mol. The van der Waals surface area contributed by atoms with Crippen LogP contribution in [0, 0.1) is 0 Å². The first-order valence-corrected chi connectivity index (χ1v) is 34.2. The number of unbranched alkanes of at least 4 members (excludes halogenated alkanes) is 48. The largest absolute Gasteiger partial charge is 0.756 e. The highest BCUT2D eigenvalue weighted by Crippen LogP contribution is 2.38. The molecule has 0 N–H and O–H groups in total. The molecule has 0 fully saturated rings. The second-order valence-corrected chi connectivity index (χ2v) is 25.3. The SMILES string of the molecule is CCCCCCCCCCCCCCCCCCCCCCCCCCCCCCCCCCCCCCCCC(=O)OC(COC(=O)CCCCCCCCCCCCCC)COP(=O)([O-])OCC[N+](C)(C)C. The van der Waals surface area contributed by atoms with E-state index in [0.717, 1.165) is 32.1 Å². The number of ether oxygens (including phenoxy) is 2. The van der Waals surface area contributed by atoms with Crippen molar-refractivity contribution in [1.82, 2.24) is 0 Å². The molecule has 10 heteroatoms. The zero-order valence-corrected chi connectivity index (χ0v) is 51.2. The summed E-state index contributed by atoms with van der Waals surface area (Å²) in [5, 5.41) is 0. The molecule has 0 radical (unpaired) electrons. The number of hydrogen-bond donors (Lipinski definition) is 0. The lowest BCUT2D eigenvalue weighted by molar-refractivity contribution is -0.870. The van der Waals surface area contributed by atoms with E-state index in [-0.39, 0.29) is 32.0 Å². The second kappa shape index (κ2) is 56.7. The van der Waals surface area contributed by atoms with Crippen molar-refractivity contribution in [2.75, 3.05) is 47.5 Å². The highest BCUT2D eigenvalue weighted by atomic mass is 31.2. The fourth-order valence-electron chi connectivity index (χ4n) is 10.1. The summed E-state index contributed by atoms with van der Waals surface area (Å²) in [6, 6.07) is 0. The smallest absolute Gasteiger partial charge is 0.306 e. The third-order valence-corrected chi connectivity index (χ3v) is 16.1. The van der Waals surface area contributed by atoms with Crippen LogP contribution >= 0.6 is 7.82 Å². The molecular formula is C64H128NO8P. The molecule has 0 rings (SSSR count). The minimum atomic E-state index is -4.63. The van der Waals surface area contributed by atoms with Crippen molar-refractivity contribution in [3.8, 4) is 0 Å². The topological polar surface area (TPSA) is 111 Å². The lowest BCUT2D eigenvalue weighted by atomic mass is 10.0. The Kier molecular flexibility index (Phi) is 56.0. The van der Waals surface area contributed by atoms with Crippen LogP contribution in [0.3, 0.4) is 0 Å². The summed E-state index contributed by atoms with van der Waals surface area (Å²) in [5.74, 6) is -0.812. The highest BCUT2D eigenvalue weighted by Gasteiger charge is 2.22. The van der Waals surface area contributed by atoms with Crippen LogP contribution in [-0.4, -0.2) is 70.0 Å². The minimum absolute atomic E-state index is 0.0253. The third-order valence-electron chi connectivity index (χ3n) is 15.1. The Morgan fingerprint density at radius 1 is 0.365 bits per heavy atom. The first-order chi connectivity index (χ1) is 36.0. The quantitative estimate of drug-likeness (QED) is 0.0256. The zero-order chi connectivity index (χ0) is 54.2. The van der Waals surface area contributed by atoms with Crippen molar-refractivity contribution in [2.45, 2.75) is 354 Å². The fourth-order valence-corrected chi connectivity index (χ4v) is 10.8. The fraction of sp³-hybridized carbons (Fsp3) is 0.969. The van der Waals surface area contributed by atoms with Gasteiger partial charge in [0.05, 0.1) is 27.7 Å². The van der Waals surface area contributed by atoms with Crippen LogP contribution in [0.25, 0.3) is 0 Å². The van der Waals surface area contributed by atoms with Crippen LogP contribution in [0.4, 0.5) is 0 Å². The van der Waals surface area contributed by atoms with Crippen molar-refractivity contribution >= 4 is 19.8 Å². The van der Waals surface area contributed by atoms with Crippen LogP contribution in [-0.2, 0) is 32.7 Å². The number of quaternary nitrogens is 1. The van der Waals surface area contributed by atoms with E-state index in [4.69, 9.17) is 18.5 Å². The van der Waals surface area contributed by atoms with E-state index in [2.05, 4.69) is 13.8 Å². The molecule has 0 aromatic heterocycles. The van der Waals surface area contributed by atoms with Gasteiger partial charge in [-0.25, -0.2) is 0 Å². The molecule has 0 aliphatic rings. The molecule has 0 spiro atoms. The molecule has 0 aliphatic carbocycles. The molecular weight excluding hydrogens is 942 g/mol. The van der Waals surface area contributed by atoms with Gasteiger partial charge in [-0.2, -0.15) is 0 Å². The number of phosphoric ester groups is 1. The molecule has 0 aliphatic heterocycles. The van der Waals surface area contributed by atoms with E-state index in [9.17, 15) is 19.0 Å². The standard InChI is InChI=1S/C64H128NO8P/c1-6-8-10-12-14-16-18-20-21-22-23-24-25-26-27-28-29-30-31-32-33-34-35-36-37-38-39-40-41-42-43-44-45-47-49-51-53-55-57-64(67)73-62(61-72-74(68,69)71-59-58-65(3,4)5)60-70-63(66)56-54-52-50-48-46-19-17-15-13-11-9-7-2/h62H,6-61H2,1-5H3. The summed E-state index contributed by atoms with van der Waals surface area (Å²) < 4.78 is 34.1. The molecule has 74 heavy (non-hydrogen) atoms. The molecule has 0 bridgehead atoms. The first-order valence-electron chi connectivity index (χ1n) is 32.7. The van der Waals surface area contributed by atoms with Gasteiger partial charge < -0.3 is 27.9 Å². The van der Waals surface area contributed by atoms with Gasteiger partial charge in [-0.1, -0.05) is 322 Å². The second-order valence-electron chi connectivity index (χ2n) is 23.9. The van der Waals surface area contributed by atoms with E-state index in [1.807, 2.05) is 21.1 Å². The van der Waals surface area contributed by atoms with Crippen LogP contribution < -0.4 is 4.89 Å². The third kappa shape index (κ3) is 60.2. The molecule has 442 valence electrons. The number of rotatable bonds is 62. The molecule has 2 atom stereocenters. The number of nitrogens with zero attached hydrogens (tertiary/aromatic N) is 1. The number of likely N-dealkylation sites (N-methyl/N-ethyl adjacent to an activating group) is 1. The number of carbonyl (C=O) groups excluding carboxylic acids is 2. The van der Waals surface area contributed by atoms with Gasteiger partial charge in [-0.15, -0.1) is 0 Å². The Bertz CT molecular complexity index is 1210. The van der Waals surface area contributed by atoms with Crippen molar-refractivity contribution in [2.24, 2.45) is 0 Å². The van der Waals surface area contributed by atoms with Crippen LogP contribution in [0.1, 0.15) is 348 Å². The van der Waals surface area contributed by atoms with E-state index in [1.54, 1.807) is 0 Å². The molecule has 9 nitrogen and oxygen atoms in total. The Morgan fingerprint density at radius 2 is 0.608 bits per heavy atom. The first kappa shape index (κ1) is 73.0. The average Bonchev–Trinajstić information content (AvgIpc) is 3.36. The molecule has 0 aromatic carbocycles. The van der Waals surface area contributed by atoms with Gasteiger partial charge in [0, 0.05) is 12.8 Å². The normalized spacial score (nSPS) is 13.1. The van der Waals surface area contributed by atoms with E-state index in [1.165, 1.54) is 283 Å². The van der Waals surface area contributed by atoms with Crippen molar-refractivity contribution in [1.29, 1.82) is 0 Å². The number of hydrogen-bond acceptors (Lipinski definition) is 8. The minimum Gasteiger partial charge on any atom is -0.756 e. The average molecular weight is 1070 g/mol. The lowest BCUT2D eigenvalue weighted by Gasteiger charge is -2.28. The number of phosphoric acid groups is 1. The van der Waals surface area contributed by atoms with Gasteiger partial charge in [-0.05, 0) is 12.8 Å². The van der Waals surface area contributed by atoms with E-state index >= 15 is 0 Å². The van der Waals surface area contributed by atoms with Gasteiger partial charge in [0.1, 0.15) is 19.8 Å². The lowest BCUT2D eigenvalue weighted by Crippen LogP contribution is -2.37. The maximum Gasteiger partial charge on any atom is 0.306 e. The molecule has 2 unspecified atom stereocenters. The summed E-state index contributed by atoms with van der Waals surface area (Å²) >= 11 is 0. The van der Waals surface area contributed by atoms with Crippen LogP contribution in [0.2, 0.25) is 0 Å². The Morgan fingerprint density at radius 3 is 0.865 bits per heavy atom.